The third-order valence-corrected chi connectivity index (χ3v) is 11.5. The zero-order valence-corrected chi connectivity index (χ0v) is 36.9. The number of nitrogens with two attached hydrogens (primary N) is 1. The average Bonchev–Trinajstić information content (AvgIpc) is 3.82. The van der Waals surface area contributed by atoms with E-state index in [-0.39, 0.29) is 31.3 Å². The summed E-state index contributed by atoms with van der Waals surface area (Å²) in [5.74, 6) is -0.943. The minimum atomic E-state index is -4.82. The summed E-state index contributed by atoms with van der Waals surface area (Å²) in [6.07, 6.45) is 18.8. The molecule has 1 unspecified atom stereocenters. The van der Waals surface area contributed by atoms with Crippen LogP contribution in [0, 0.1) is 22.7 Å². The van der Waals surface area contributed by atoms with Gasteiger partial charge in [-0.1, -0.05) is 109 Å². The maximum absolute atomic E-state index is 13.4. The smallest absolute Gasteiger partial charge is 0.382 e. The minimum Gasteiger partial charge on any atom is -0.382 e. The van der Waals surface area contributed by atoms with Gasteiger partial charge in [0.25, 0.3) is 0 Å². The zero-order valence-electron chi connectivity index (χ0n) is 36.0. The van der Waals surface area contributed by atoms with Gasteiger partial charge in [-0.15, -0.1) is 0 Å². The molecule has 4 heterocycles. The Morgan fingerprint density at radius 2 is 1.58 bits per heavy atom. The Labute approximate surface area is 355 Å². The fourth-order valence-electron chi connectivity index (χ4n) is 7.23. The standard InChI is InChI=1S/C43H66N7O9P/c1-5-6-7-8-9-10-11-12-13-14-15-16-17-18-19-20-26-54-29-36(55-28-35-23-21-22-34(27-44)49-35)30-56-60(51,52)57-32-43(31-45,53-4)40-39(58-42(2,3)59-40)37-24-25-38-41(46)47-33-48-50(37)38/h21-25,33,36,39-40H,5-20,26,28-30,32H2,1-4H3,(H,51,52)(H2,46,47,48)/t36-,39+,40+,43-/m1/s1. The van der Waals surface area contributed by atoms with Crippen molar-refractivity contribution < 1.29 is 42.2 Å². The molecule has 16 nitrogen and oxygen atoms in total. The summed E-state index contributed by atoms with van der Waals surface area (Å²) < 4.78 is 55.7. The molecule has 60 heavy (non-hydrogen) atoms. The van der Waals surface area contributed by atoms with E-state index in [2.05, 4.69) is 28.1 Å². The Morgan fingerprint density at radius 1 is 0.933 bits per heavy atom. The second kappa shape index (κ2) is 25.4. The molecule has 0 amide bonds. The first kappa shape index (κ1) is 49.1. The summed E-state index contributed by atoms with van der Waals surface area (Å²) in [6, 6.07) is 12.5. The number of anilines is 1. The Morgan fingerprint density at radius 3 is 2.20 bits per heavy atom. The molecular formula is C43H66N7O9P. The number of pyridine rings is 1. The number of fused-ring (bicyclic) bond motifs is 1. The van der Waals surface area contributed by atoms with Crippen LogP contribution in [0.3, 0.4) is 0 Å². The average molecular weight is 856 g/mol. The molecule has 1 aliphatic rings. The van der Waals surface area contributed by atoms with Crippen molar-refractivity contribution in [1.82, 2.24) is 19.6 Å². The maximum atomic E-state index is 13.4. The lowest BCUT2D eigenvalue weighted by atomic mass is 9.93. The molecular weight excluding hydrogens is 789 g/mol. The first-order valence-electron chi connectivity index (χ1n) is 21.5. The molecule has 0 aliphatic carbocycles. The number of hydrogen-bond donors (Lipinski definition) is 2. The molecule has 332 valence electrons. The van der Waals surface area contributed by atoms with Crippen molar-refractivity contribution in [1.29, 1.82) is 10.5 Å². The number of unbranched alkanes of at least 4 members (excludes halogenated alkanes) is 15. The van der Waals surface area contributed by atoms with E-state index in [4.69, 9.17) is 38.5 Å². The number of ether oxygens (including phenoxy) is 5. The number of phosphoric acid groups is 1. The summed E-state index contributed by atoms with van der Waals surface area (Å²) in [4.78, 5) is 19.1. The third kappa shape index (κ3) is 15.7. The van der Waals surface area contributed by atoms with Crippen LogP contribution in [0.5, 0.6) is 0 Å². The number of aromatic nitrogens is 4. The van der Waals surface area contributed by atoms with E-state index in [1.807, 2.05) is 6.07 Å². The van der Waals surface area contributed by atoms with Gasteiger partial charge in [0, 0.05) is 13.7 Å². The third-order valence-electron chi connectivity index (χ3n) is 10.6. The number of phosphoric ester groups is 1. The van der Waals surface area contributed by atoms with E-state index >= 15 is 0 Å². The fourth-order valence-corrected chi connectivity index (χ4v) is 8.02. The highest BCUT2D eigenvalue weighted by molar-refractivity contribution is 7.47. The quantitative estimate of drug-likeness (QED) is 0.0457. The highest BCUT2D eigenvalue weighted by Gasteiger charge is 2.56. The number of methoxy groups -OCH3 is 1. The van der Waals surface area contributed by atoms with Crippen LogP contribution in [-0.4, -0.2) is 81.6 Å². The number of rotatable bonds is 31. The molecule has 0 saturated carbocycles. The van der Waals surface area contributed by atoms with Crippen LogP contribution in [-0.2, 0) is 43.9 Å². The highest BCUT2D eigenvalue weighted by atomic mass is 31.2. The van der Waals surface area contributed by atoms with Gasteiger partial charge in [-0.2, -0.15) is 15.6 Å². The van der Waals surface area contributed by atoms with Crippen molar-refractivity contribution in [3.8, 4) is 12.1 Å². The summed E-state index contributed by atoms with van der Waals surface area (Å²) in [6.45, 7) is 5.07. The van der Waals surface area contributed by atoms with Crippen LogP contribution in [0.4, 0.5) is 5.82 Å². The van der Waals surface area contributed by atoms with Gasteiger partial charge < -0.3 is 34.3 Å². The number of nitriles is 2. The normalized spacial score (nSPS) is 18.8. The van der Waals surface area contributed by atoms with E-state index in [9.17, 15) is 20.0 Å². The van der Waals surface area contributed by atoms with Crippen LogP contribution in [0.1, 0.15) is 147 Å². The lowest BCUT2D eigenvalue weighted by molar-refractivity contribution is -0.171. The lowest BCUT2D eigenvalue weighted by Gasteiger charge is -2.33. The van der Waals surface area contributed by atoms with Gasteiger partial charge in [-0.3, -0.25) is 9.05 Å². The lowest BCUT2D eigenvalue weighted by Crippen LogP contribution is -2.50. The van der Waals surface area contributed by atoms with Crippen LogP contribution in [0.2, 0.25) is 0 Å². The molecule has 1 saturated heterocycles. The number of nitrogens with zero attached hydrogens (tertiary/aromatic N) is 6. The van der Waals surface area contributed by atoms with Gasteiger partial charge in [0.15, 0.2) is 11.6 Å². The van der Waals surface area contributed by atoms with Gasteiger partial charge in [0.2, 0.25) is 5.60 Å². The monoisotopic (exact) mass is 855 g/mol. The number of hydrogen-bond acceptors (Lipinski definition) is 14. The fraction of sp³-hybridized carbons (Fsp3) is 0.698. The molecule has 0 spiro atoms. The first-order chi connectivity index (χ1) is 29.0. The molecule has 17 heteroatoms. The second-order valence-electron chi connectivity index (χ2n) is 15.9. The van der Waals surface area contributed by atoms with Gasteiger partial charge in [-0.05, 0) is 44.5 Å². The molecule has 5 atom stereocenters. The molecule has 1 aliphatic heterocycles. The van der Waals surface area contributed by atoms with E-state index in [1.165, 1.54) is 101 Å². The predicted octanol–water partition coefficient (Wildman–Crippen LogP) is 8.68. The Hall–Kier alpha value is -3.54. The molecule has 0 radical (unpaired) electrons. The van der Waals surface area contributed by atoms with Gasteiger partial charge in [-0.25, -0.2) is 19.0 Å². The summed E-state index contributed by atoms with van der Waals surface area (Å²) in [7, 11) is -3.55. The van der Waals surface area contributed by atoms with E-state index < -0.39 is 44.1 Å². The molecule has 3 N–H and O–H groups in total. The number of nitrogen functional groups attached to an aromatic ring is 1. The molecule has 0 aromatic carbocycles. The molecule has 3 aromatic heterocycles. The van der Waals surface area contributed by atoms with Crippen molar-refractivity contribution in [3.63, 3.8) is 0 Å². The Balaban J connectivity index is 1.25. The van der Waals surface area contributed by atoms with Crippen LogP contribution in [0.15, 0.2) is 36.7 Å². The van der Waals surface area contributed by atoms with Crippen molar-refractivity contribution in [3.05, 3.63) is 53.7 Å². The van der Waals surface area contributed by atoms with Crippen LogP contribution in [0.25, 0.3) is 5.52 Å². The van der Waals surface area contributed by atoms with Crippen LogP contribution >= 0.6 is 7.82 Å². The van der Waals surface area contributed by atoms with E-state index in [1.54, 1.807) is 44.2 Å². The predicted molar refractivity (Wildman–Crippen MR) is 225 cm³/mol. The molecule has 3 aromatic rings. The zero-order chi connectivity index (χ0) is 43.3. The summed E-state index contributed by atoms with van der Waals surface area (Å²) in [5, 5.41) is 24.0. The largest absolute Gasteiger partial charge is 0.472 e. The van der Waals surface area contributed by atoms with E-state index in [0.717, 1.165) is 19.3 Å². The summed E-state index contributed by atoms with van der Waals surface area (Å²) >= 11 is 0. The van der Waals surface area contributed by atoms with Crippen molar-refractivity contribution >= 4 is 19.2 Å². The van der Waals surface area contributed by atoms with Gasteiger partial charge in [0.05, 0.1) is 31.2 Å². The molecule has 4 rings (SSSR count). The maximum Gasteiger partial charge on any atom is 0.472 e. The van der Waals surface area contributed by atoms with Crippen LogP contribution < -0.4 is 5.73 Å². The van der Waals surface area contributed by atoms with Gasteiger partial charge in [0.1, 0.15) is 54.6 Å². The Bertz CT molecular complexity index is 1850. The molecule has 1 fully saturated rings. The van der Waals surface area contributed by atoms with Crippen molar-refractivity contribution in [2.75, 3.05) is 39.3 Å². The van der Waals surface area contributed by atoms with Gasteiger partial charge >= 0.3 is 7.82 Å². The van der Waals surface area contributed by atoms with Crippen molar-refractivity contribution in [2.45, 2.75) is 160 Å². The first-order valence-corrected chi connectivity index (χ1v) is 23.0. The minimum absolute atomic E-state index is 0.00490. The highest BCUT2D eigenvalue weighted by Crippen LogP contribution is 2.48. The van der Waals surface area contributed by atoms with Crippen molar-refractivity contribution in [2.24, 2.45) is 0 Å². The molecule has 0 bridgehead atoms. The Kier molecular flexibility index (Phi) is 20.8. The summed E-state index contributed by atoms with van der Waals surface area (Å²) in [5.41, 5.74) is 5.85. The topological polar surface area (TPSA) is 219 Å². The SMILES string of the molecule is CCCCCCCCCCCCCCCCCCOC[C@H](COP(=O)(O)OC[C@@](C#N)(OC)[C@H]1OC(C)(C)O[C@H]1c1ccc2c(N)ncnn12)OCc1cccc(C#N)n1. The second-order valence-corrected chi connectivity index (χ2v) is 17.3. The van der Waals surface area contributed by atoms with E-state index in [0.29, 0.717) is 23.5 Å².